The molecule has 1 aliphatic carbocycles. The SMILES string of the molecule is O=C1N=CC2(CCNC(NC3CCCCC3)C2)N1c1cccc(F)c1. The maximum absolute atomic E-state index is 13.7. The van der Waals surface area contributed by atoms with E-state index in [1.807, 2.05) is 0 Å². The highest BCUT2D eigenvalue weighted by molar-refractivity contribution is 6.08. The number of carbonyl (C=O) groups excluding carboxylic acids is 1. The number of piperidine rings is 1. The molecule has 0 bridgehead atoms. The van der Waals surface area contributed by atoms with E-state index in [-0.39, 0.29) is 18.0 Å². The summed E-state index contributed by atoms with van der Waals surface area (Å²) in [5, 5.41) is 7.25. The third-order valence-electron chi connectivity index (χ3n) is 5.67. The van der Waals surface area contributed by atoms with Gasteiger partial charge in [-0.15, -0.1) is 0 Å². The molecular formula is C19H25FN4O. The van der Waals surface area contributed by atoms with E-state index >= 15 is 0 Å². The number of nitrogens with zero attached hydrogens (tertiary/aromatic N) is 2. The first-order valence-corrected chi connectivity index (χ1v) is 9.31. The number of benzene rings is 1. The monoisotopic (exact) mass is 344 g/mol. The fraction of sp³-hybridized carbons (Fsp3) is 0.579. The van der Waals surface area contributed by atoms with Crippen LogP contribution in [0.25, 0.3) is 0 Å². The van der Waals surface area contributed by atoms with E-state index in [1.165, 1.54) is 44.2 Å². The predicted octanol–water partition coefficient (Wildman–Crippen LogP) is 3.21. The molecular weight excluding hydrogens is 319 g/mol. The van der Waals surface area contributed by atoms with Crippen LogP contribution in [-0.4, -0.2) is 36.5 Å². The Labute approximate surface area is 147 Å². The summed E-state index contributed by atoms with van der Waals surface area (Å²) in [7, 11) is 0. The quantitative estimate of drug-likeness (QED) is 0.885. The van der Waals surface area contributed by atoms with Crippen LogP contribution >= 0.6 is 0 Å². The molecule has 1 aromatic rings. The van der Waals surface area contributed by atoms with E-state index in [4.69, 9.17) is 0 Å². The molecule has 4 rings (SSSR count). The molecule has 2 unspecified atom stereocenters. The largest absolute Gasteiger partial charge is 0.348 e. The lowest BCUT2D eigenvalue weighted by atomic mass is 9.85. The third-order valence-corrected chi connectivity index (χ3v) is 5.67. The summed E-state index contributed by atoms with van der Waals surface area (Å²) in [5.74, 6) is -0.335. The Balaban J connectivity index is 1.54. The zero-order valence-electron chi connectivity index (χ0n) is 14.4. The first-order chi connectivity index (χ1) is 12.2. The molecule has 2 N–H and O–H groups in total. The second kappa shape index (κ2) is 6.84. The van der Waals surface area contributed by atoms with Gasteiger partial charge in [0.25, 0.3) is 0 Å². The molecule has 2 heterocycles. The van der Waals surface area contributed by atoms with Crippen molar-refractivity contribution in [3.8, 4) is 0 Å². The van der Waals surface area contributed by atoms with Gasteiger partial charge in [-0.3, -0.25) is 10.2 Å². The highest BCUT2D eigenvalue weighted by Gasteiger charge is 2.47. The zero-order valence-corrected chi connectivity index (χ0v) is 14.4. The number of rotatable bonds is 3. The summed E-state index contributed by atoms with van der Waals surface area (Å²) < 4.78 is 13.7. The van der Waals surface area contributed by atoms with Gasteiger partial charge in [-0.25, -0.2) is 14.2 Å². The highest BCUT2D eigenvalue weighted by atomic mass is 19.1. The highest BCUT2D eigenvalue weighted by Crippen LogP contribution is 2.36. The predicted molar refractivity (Wildman–Crippen MR) is 96.5 cm³/mol. The van der Waals surface area contributed by atoms with Crippen molar-refractivity contribution >= 4 is 17.9 Å². The van der Waals surface area contributed by atoms with E-state index < -0.39 is 5.54 Å². The molecule has 5 nitrogen and oxygen atoms in total. The third kappa shape index (κ3) is 3.33. The van der Waals surface area contributed by atoms with Crippen molar-refractivity contribution in [2.45, 2.75) is 62.7 Å². The molecule has 0 radical (unpaired) electrons. The van der Waals surface area contributed by atoms with Crippen LogP contribution in [0.1, 0.15) is 44.9 Å². The summed E-state index contributed by atoms with van der Waals surface area (Å²) in [6.07, 6.45) is 9.76. The van der Waals surface area contributed by atoms with Gasteiger partial charge in [0.2, 0.25) is 0 Å². The summed E-state index contributed by atoms with van der Waals surface area (Å²) >= 11 is 0. The van der Waals surface area contributed by atoms with Crippen molar-refractivity contribution in [2.24, 2.45) is 4.99 Å². The van der Waals surface area contributed by atoms with Crippen LogP contribution < -0.4 is 15.5 Å². The number of halogens is 1. The van der Waals surface area contributed by atoms with Gasteiger partial charge in [0, 0.05) is 24.4 Å². The molecule has 6 heteroatoms. The summed E-state index contributed by atoms with van der Waals surface area (Å²) in [5.41, 5.74) is 0.114. The average molecular weight is 344 g/mol. The smallest absolute Gasteiger partial charge is 0.302 e. The molecule has 2 fully saturated rings. The summed E-state index contributed by atoms with van der Waals surface area (Å²) in [6.45, 7) is 0.801. The number of hydrogen-bond acceptors (Lipinski definition) is 3. The van der Waals surface area contributed by atoms with E-state index in [0.717, 1.165) is 19.4 Å². The lowest BCUT2D eigenvalue weighted by Gasteiger charge is -2.44. The van der Waals surface area contributed by atoms with Gasteiger partial charge in [0.15, 0.2) is 0 Å². The Bertz CT molecular complexity index is 673. The number of urea groups is 1. The molecule has 1 saturated heterocycles. The van der Waals surface area contributed by atoms with Crippen LogP contribution in [0.2, 0.25) is 0 Å². The van der Waals surface area contributed by atoms with E-state index in [0.29, 0.717) is 11.7 Å². The molecule has 2 amide bonds. The van der Waals surface area contributed by atoms with Crippen molar-refractivity contribution in [3.05, 3.63) is 30.1 Å². The lowest BCUT2D eigenvalue weighted by molar-refractivity contribution is 0.228. The fourth-order valence-corrected chi connectivity index (χ4v) is 4.45. The Kier molecular flexibility index (Phi) is 4.56. The second-order valence-corrected chi connectivity index (χ2v) is 7.42. The normalized spacial score (nSPS) is 30.4. The molecule has 1 saturated carbocycles. The average Bonchev–Trinajstić information content (AvgIpc) is 2.91. The minimum atomic E-state index is -0.470. The molecule has 1 aromatic carbocycles. The Morgan fingerprint density at radius 1 is 1.28 bits per heavy atom. The van der Waals surface area contributed by atoms with Crippen LogP contribution in [0.3, 0.4) is 0 Å². The first-order valence-electron chi connectivity index (χ1n) is 9.31. The van der Waals surface area contributed by atoms with E-state index in [1.54, 1.807) is 23.2 Å². The van der Waals surface area contributed by atoms with Crippen LogP contribution in [0.15, 0.2) is 29.3 Å². The minimum Gasteiger partial charge on any atom is -0.302 e. The maximum atomic E-state index is 13.7. The van der Waals surface area contributed by atoms with Crippen LogP contribution in [-0.2, 0) is 0 Å². The van der Waals surface area contributed by atoms with Crippen molar-refractivity contribution < 1.29 is 9.18 Å². The lowest BCUT2D eigenvalue weighted by Crippen LogP contribution is -2.62. The summed E-state index contributed by atoms with van der Waals surface area (Å²) in [6, 6.07) is 6.47. The fourth-order valence-electron chi connectivity index (χ4n) is 4.45. The summed E-state index contributed by atoms with van der Waals surface area (Å²) in [4.78, 5) is 18.2. The van der Waals surface area contributed by atoms with E-state index in [2.05, 4.69) is 15.6 Å². The van der Waals surface area contributed by atoms with Crippen molar-refractivity contribution in [2.75, 3.05) is 11.4 Å². The van der Waals surface area contributed by atoms with Gasteiger partial charge in [-0.1, -0.05) is 25.3 Å². The van der Waals surface area contributed by atoms with Crippen LogP contribution in [0, 0.1) is 5.82 Å². The standard InChI is InChI=1S/C19H25FN4O/c20-14-5-4-8-16(11-14)24-18(25)22-13-19(24)9-10-21-17(12-19)23-15-6-2-1-3-7-15/h4-5,8,11,13,15,17,21,23H,1-3,6-7,9-10,12H2. The van der Waals surface area contributed by atoms with Crippen molar-refractivity contribution in [1.29, 1.82) is 0 Å². The minimum absolute atomic E-state index is 0.144. The molecule has 25 heavy (non-hydrogen) atoms. The number of amides is 2. The van der Waals surface area contributed by atoms with Gasteiger partial charge in [0.1, 0.15) is 5.82 Å². The number of anilines is 1. The zero-order chi connectivity index (χ0) is 17.3. The molecule has 1 spiro atoms. The van der Waals surface area contributed by atoms with Gasteiger partial charge in [0.05, 0.1) is 11.7 Å². The molecule has 134 valence electrons. The van der Waals surface area contributed by atoms with E-state index in [9.17, 15) is 9.18 Å². The molecule has 0 aromatic heterocycles. The Morgan fingerprint density at radius 3 is 2.92 bits per heavy atom. The number of aliphatic imine (C=N–C) groups is 1. The van der Waals surface area contributed by atoms with Gasteiger partial charge in [-0.05, 0) is 44.0 Å². The van der Waals surface area contributed by atoms with Gasteiger partial charge in [-0.2, -0.15) is 0 Å². The van der Waals surface area contributed by atoms with Crippen LogP contribution in [0.5, 0.6) is 0 Å². The number of hydrogen-bond donors (Lipinski definition) is 2. The Morgan fingerprint density at radius 2 is 2.12 bits per heavy atom. The maximum Gasteiger partial charge on any atom is 0.348 e. The molecule has 3 aliphatic rings. The number of carbonyl (C=O) groups is 1. The van der Waals surface area contributed by atoms with Gasteiger partial charge < -0.3 is 5.32 Å². The van der Waals surface area contributed by atoms with Gasteiger partial charge >= 0.3 is 6.03 Å². The number of nitrogens with one attached hydrogen (secondary N) is 2. The molecule has 2 aliphatic heterocycles. The molecule has 2 atom stereocenters. The second-order valence-electron chi connectivity index (χ2n) is 7.42. The first kappa shape index (κ1) is 16.7. The Hall–Kier alpha value is -1.79. The van der Waals surface area contributed by atoms with Crippen molar-refractivity contribution in [3.63, 3.8) is 0 Å². The topological polar surface area (TPSA) is 56.7 Å². The van der Waals surface area contributed by atoms with Crippen molar-refractivity contribution in [1.82, 2.24) is 10.6 Å². The van der Waals surface area contributed by atoms with Crippen LogP contribution in [0.4, 0.5) is 14.9 Å².